The SMILES string of the molecule is N#Cc1ccc(N2CCN(C(c3cn[nH]c3)c3ccccc3F)CC2)nc1. The molecule has 3 aromatic rings. The van der Waals surface area contributed by atoms with Crippen LogP contribution in [0, 0.1) is 17.1 Å². The molecule has 0 saturated carbocycles. The van der Waals surface area contributed by atoms with Crippen LogP contribution >= 0.6 is 0 Å². The number of aromatic amines is 1. The average molecular weight is 362 g/mol. The van der Waals surface area contributed by atoms with Crippen molar-refractivity contribution in [2.75, 3.05) is 31.1 Å². The number of nitriles is 1. The average Bonchev–Trinajstić information content (AvgIpc) is 3.25. The predicted molar refractivity (Wildman–Crippen MR) is 99.6 cm³/mol. The minimum Gasteiger partial charge on any atom is -0.354 e. The van der Waals surface area contributed by atoms with E-state index in [1.165, 1.54) is 6.07 Å². The van der Waals surface area contributed by atoms with Gasteiger partial charge < -0.3 is 4.90 Å². The first kappa shape index (κ1) is 17.2. The van der Waals surface area contributed by atoms with Crippen molar-refractivity contribution < 1.29 is 4.39 Å². The van der Waals surface area contributed by atoms with Crippen molar-refractivity contribution in [2.45, 2.75) is 6.04 Å². The lowest BCUT2D eigenvalue weighted by molar-refractivity contribution is 0.208. The number of hydrogen-bond acceptors (Lipinski definition) is 5. The van der Waals surface area contributed by atoms with Gasteiger partial charge in [0.1, 0.15) is 17.7 Å². The molecular formula is C20H19FN6. The minimum atomic E-state index is -0.208. The second kappa shape index (κ2) is 7.56. The zero-order chi connectivity index (χ0) is 18.6. The topological polar surface area (TPSA) is 71.8 Å². The van der Waals surface area contributed by atoms with E-state index in [0.717, 1.165) is 37.6 Å². The first-order chi connectivity index (χ1) is 13.3. The van der Waals surface area contributed by atoms with Gasteiger partial charge in [0.2, 0.25) is 0 Å². The van der Waals surface area contributed by atoms with Gasteiger partial charge in [-0.3, -0.25) is 10.00 Å². The summed E-state index contributed by atoms with van der Waals surface area (Å²) in [5.74, 6) is 0.652. The monoisotopic (exact) mass is 362 g/mol. The van der Waals surface area contributed by atoms with Gasteiger partial charge in [-0.2, -0.15) is 10.4 Å². The molecule has 6 nitrogen and oxygen atoms in total. The summed E-state index contributed by atoms with van der Waals surface area (Å²) < 4.78 is 14.5. The first-order valence-electron chi connectivity index (χ1n) is 8.84. The van der Waals surface area contributed by atoms with E-state index in [1.807, 2.05) is 24.4 Å². The van der Waals surface area contributed by atoms with Crippen LogP contribution in [-0.2, 0) is 0 Å². The molecule has 1 aliphatic heterocycles. The Kier molecular flexibility index (Phi) is 4.81. The number of benzene rings is 1. The Hall–Kier alpha value is -3.24. The molecule has 0 aliphatic carbocycles. The Bertz CT molecular complexity index is 924. The van der Waals surface area contributed by atoms with Crippen LogP contribution in [0.5, 0.6) is 0 Å². The molecular weight excluding hydrogens is 343 g/mol. The fourth-order valence-corrected chi connectivity index (χ4v) is 3.54. The van der Waals surface area contributed by atoms with Crippen LogP contribution < -0.4 is 4.90 Å². The third-order valence-electron chi connectivity index (χ3n) is 4.92. The van der Waals surface area contributed by atoms with Crippen LogP contribution in [0.25, 0.3) is 0 Å². The molecule has 27 heavy (non-hydrogen) atoms. The minimum absolute atomic E-state index is 0.180. The van der Waals surface area contributed by atoms with E-state index in [4.69, 9.17) is 5.26 Å². The standard InChI is InChI=1S/C20H19FN6/c21-18-4-2-1-3-17(18)20(16-13-24-25-14-16)27-9-7-26(8-10-27)19-6-5-15(11-22)12-23-19/h1-6,12-14,20H,7-10H2,(H,24,25). The molecule has 1 aliphatic rings. The van der Waals surface area contributed by atoms with Crippen molar-refractivity contribution in [2.24, 2.45) is 0 Å². The molecule has 1 fully saturated rings. The Labute approximate surface area is 156 Å². The summed E-state index contributed by atoms with van der Waals surface area (Å²) in [5, 5.41) is 15.8. The zero-order valence-electron chi connectivity index (χ0n) is 14.7. The largest absolute Gasteiger partial charge is 0.354 e. The van der Waals surface area contributed by atoms with E-state index in [2.05, 4.69) is 31.1 Å². The van der Waals surface area contributed by atoms with Gasteiger partial charge in [0.25, 0.3) is 0 Å². The van der Waals surface area contributed by atoms with E-state index in [-0.39, 0.29) is 11.9 Å². The number of nitrogens with zero attached hydrogens (tertiary/aromatic N) is 5. The second-order valence-electron chi connectivity index (χ2n) is 6.50. The third kappa shape index (κ3) is 3.52. The van der Waals surface area contributed by atoms with Gasteiger partial charge in [-0.15, -0.1) is 0 Å². The molecule has 0 radical (unpaired) electrons. The Balaban J connectivity index is 1.54. The molecule has 1 saturated heterocycles. The molecule has 1 atom stereocenters. The quantitative estimate of drug-likeness (QED) is 0.773. The highest BCUT2D eigenvalue weighted by molar-refractivity contribution is 5.42. The number of halogens is 1. The highest BCUT2D eigenvalue weighted by atomic mass is 19.1. The fourth-order valence-electron chi connectivity index (χ4n) is 3.54. The molecule has 3 heterocycles. The maximum Gasteiger partial charge on any atom is 0.128 e. The lowest BCUT2D eigenvalue weighted by atomic mass is 9.98. The Morgan fingerprint density at radius 1 is 1.07 bits per heavy atom. The van der Waals surface area contributed by atoms with Gasteiger partial charge in [0.05, 0.1) is 17.8 Å². The van der Waals surface area contributed by atoms with Gasteiger partial charge in [0.15, 0.2) is 0 Å². The highest BCUT2D eigenvalue weighted by Crippen LogP contribution is 2.31. The Morgan fingerprint density at radius 3 is 2.52 bits per heavy atom. The van der Waals surface area contributed by atoms with Crippen molar-refractivity contribution in [3.05, 3.63) is 77.5 Å². The number of nitrogens with one attached hydrogen (secondary N) is 1. The Morgan fingerprint density at radius 2 is 1.89 bits per heavy atom. The predicted octanol–water partition coefficient (Wildman–Crippen LogP) is 2.73. The molecule has 0 bridgehead atoms. The number of H-pyrrole nitrogens is 1. The van der Waals surface area contributed by atoms with E-state index >= 15 is 0 Å². The molecule has 7 heteroatoms. The summed E-state index contributed by atoms with van der Waals surface area (Å²) >= 11 is 0. The fraction of sp³-hybridized carbons (Fsp3) is 0.250. The van der Waals surface area contributed by atoms with E-state index in [0.29, 0.717) is 11.1 Å². The van der Waals surface area contributed by atoms with Gasteiger partial charge in [-0.25, -0.2) is 9.37 Å². The number of rotatable bonds is 4. The molecule has 1 aromatic carbocycles. The summed E-state index contributed by atoms with van der Waals surface area (Å²) in [6.07, 6.45) is 5.17. The van der Waals surface area contributed by atoms with Gasteiger partial charge in [-0.05, 0) is 18.2 Å². The summed E-state index contributed by atoms with van der Waals surface area (Å²) in [6.45, 7) is 3.10. The third-order valence-corrected chi connectivity index (χ3v) is 4.92. The summed E-state index contributed by atoms with van der Waals surface area (Å²) in [7, 11) is 0. The van der Waals surface area contributed by atoms with Crippen LogP contribution in [0.1, 0.15) is 22.7 Å². The molecule has 1 N–H and O–H groups in total. The smallest absolute Gasteiger partial charge is 0.128 e. The van der Waals surface area contributed by atoms with Crippen molar-refractivity contribution in [3.8, 4) is 6.07 Å². The van der Waals surface area contributed by atoms with Gasteiger partial charge in [0, 0.05) is 49.7 Å². The van der Waals surface area contributed by atoms with Crippen molar-refractivity contribution in [1.82, 2.24) is 20.1 Å². The summed E-state index contributed by atoms with van der Waals surface area (Å²) in [4.78, 5) is 8.83. The lowest BCUT2D eigenvalue weighted by Gasteiger charge is -2.39. The first-order valence-corrected chi connectivity index (χ1v) is 8.84. The van der Waals surface area contributed by atoms with Crippen LogP contribution in [-0.4, -0.2) is 46.3 Å². The molecule has 4 rings (SSSR count). The van der Waals surface area contributed by atoms with Crippen LogP contribution in [0.3, 0.4) is 0 Å². The van der Waals surface area contributed by atoms with E-state index in [1.54, 1.807) is 24.5 Å². The highest BCUT2D eigenvalue weighted by Gasteiger charge is 2.29. The van der Waals surface area contributed by atoms with Crippen molar-refractivity contribution in [3.63, 3.8) is 0 Å². The number of aromatic nitrogens is 3. The van der Waals surface area contributed by atoms with Crippen LogP contribution in [0.4, 0.5) is 10.2 Å². The number of piperazine rings is 1. The number of hydrogen-bond donors (Lipinski definition) is 1. The van der Waals surface area contributed by atoms with Crippen LogP contribution in [0.2, 0.25) is 0 Å². The molecule has 1 unspecified atom stereocenters. The maximum absolute atomic E-state index is 14.5. The van der Waals surface area contributed by atoms with Gasteiger partial charge in [-0.1, -0.05) is 18.2 Å². The number of pyridine rings is 1. The molecule has 2 aromatic heterocycles. The summed E-state index contributed by atoms with van der Waals surface area (Å²) in [5.41, 5.74) is 2.16. The lowest BCUT2D eigenvalue weighted by Crippen LogP contribution is -2.48. The van der Waals surface area contributed by atoms with Crippen molar-refractivity contribution in [1.29, 1.82) is 5.26 Å². The van der Waals surface area contributed by atoms with Gasteiger partial charge >= 0.3 is 0 Å². The number of anilines is 1. The molecule has 0 amide bonds. The summed E-state index contributed by atoms with van der Waals surface area (Å²) in [6, 6.07) is 12.5. The van der Waals surface area contributed by atoms with E-state index in [9.17, 15) is 4.39 Å². The van der Waals surface area contributed by atoms with Crippen LogP contribution in [0.15, 0.2) is 55.0 Å². The zero-order valence-corrected chi connectivity index (χ0v) is 14.7. The molecule has 0 spiro atoms. The van der Waals surface area contributed by atoms with E-state index < -0.39 is 0 Å². The molecule has 136 valence electrons. The maximum atomic E-state index is 14.5. The van der Waals surface area contributed by atoms with Crippen molar-refractivity contribution >= 4 is 5.82 Å². The second-order valence-corrected chi connectivity index (χ2v) is 6.50. The normalized spacial score (nSPS) is 16.1.